The molecular formula is C12H9N4O3S-. The summed E-state index contributed by atoms with van der Waals surface area (Å²) in [6.07, 6.45) is -0.215. The van der Waals surface area contributed by atoms with E-state index in [0.717, 1.165) is 10.2 Å². The molecule has 1 aliphatic rings. The second-order valence-corrected chi connectivity index (χ2v) is 5.21. The number of anilines is 1. The van der Waals surface area contributed by atoms with Gasteiger partial charge in [0, 0.05) is 0 Å². The number of carboxylic acid groups (broad SMARTS) is 1. The molecule has 0 spiro atoms. The molecule has 2 N–H and O–H groups in total. The highest BCUT2D eigenvalue weighted by Gasteiger charge is 2.22. The molecule has 102 valence electrons. The van der Waals surface area contributed by atoms with Gasteiger partial charge in [-0.2, -0.15) is 0 Å². The largest absolute Gasteiger partial charge is 0.548 e. The summed E-state index contributed by atoms with van der Waals surface area (Å²) in [6.45, 7) is 0. The third-order valence-corrected chi connectivity index (χ3v) is 3.66. The molecule has 1 aromatic heterocycles. The van der Waals surface area contributed by atoms with Crippen molar-refractivity contribution in [2.24, 2.45) is 4.99 Å². The van der Waals surface area contributed by atoms with Gasteiger partial charge in [-0.05, 0) is 12.1 Å². The van der Waals surface area contributed by atoms with Gasteiger partial charge < -0.3 is 15.2 Å². The predicted octanol–water partition coefficient (Wildman–Crippen LogP) is -0.297. The molecule has 1 amide bonds. The van der Waals surface area contributed by atoms with Gasteiger partial charge in [0.2, 0.25) is 11.9 Å². The number of para-hydroxylation sites is 1. The van der Waals surface area contributed by atoms with Crippen LogP contribution >= 0.6 is 11.3 Å². The van der Waals surface area contributed by atoms with Crippen LogP contribution in [0.2, 0.25) is 0 Å². The quantitative estimate of drug-likeness (QED) is 0.789. The number of nitrogens with zero attached hydrogens (tertiary/aromatic N) is 2. The molecule has 0 fully saturated rings. The molecule has 7 nitrogen and oxygen atoms in total. The number of rotatable bonds is 2. The first-order valence-electron chi connectivity index (χ1n) is 5.83. The van der Waals surface area contributed by atoms with Gasteiger partial charge in [0.15, 0.2) is 5.13 Å². The number of carboxylic acids is 1. The van der Waals surface area contributed by atoms with Crippen molar-refractivity contribution < 1.29 is 14.7 Å². The standard InChI is InChI=1S/C12H10N4O3S/c17-9-5-7(10(18)19)13-11(15-9)16-12-14-6-3-1-2-4-8(6)20-12/h1-4,7H,5H2,(H,18,19)(H2,13,14,15,16,17)/p-1/t7-/m0/s1. The fourth-order valence-corrected chi connectivity index (χ4v) is 2.68. The van der Waals surface area contributed by atoms with Crippen LogP contribution in [0.4, 0.5) is 5.13 Å². The number of nitrogens with one attached hydrogen (secondary N) is 2. The molecule has 2 heterocycles. The number of aromatic nitrogens is 1. The topological polar surface area (TPSA) is 107 Å². The van der Waals surface area contributed by atoms with Gasteiger partial charge >= 0.3 is 0 Å². The van der Waals surface area contributed by atoms with Gasteiger partial charge in [-0.3, -0.25) is 10.1 Å². The minimum atomic E-state index is -1.37. The molecule has 0 saturated heterocycles. The summed E-state index contributed by atoms with van der Waals surface area (Å²) in [5, 5.41) is 16.6. The number of guanidine groups is 1. The maximum atomic E-state index is 11.4. The van der Waals surface area contributed by atoms with Crippen molar-refractivity contribution in [3.63, 3.8) is 0 Å². The van der Waals surface area contributed by atoms with Gasteiger partial charge in [0.1, 0.15) is 6.04 Å². The summed E-state index contributed by atoms with van der Waals surface area (Å²) >= 11 is 1.38. The third kappa shape index (κ3) is 2.45. The van der Waals surface area contributed by atoms with Crippen LogP contribution in [0.3, 0.4) is 0 Å². The third-order valence-electron chi connectivity index (χ3n) is 2.71. The molecule has 1 atom stereocenters. The van der Waals surface area contributed by atoms with Gasteiger partial charge in [-0.1, -0.05) is 23.5 Å². The van der Waals surface area contributed by atoms with Crippen LogP contribution in [-0.4, -0.2) is 28.9 Å². The second-order valence-electron chi connectivity index (χ2n) is 4.18. The summed E-state index contributed by atoms with van der Waals surface area (Å²) in [4.78, 5) is 30.4. The molecule has 1 aromatic carbocycles. The van der Waals surface area contributed by atoms with Crippen molar-refractivity contribution in [2.45, 2.75) is 12.5 Å². The monoisotopic (exact) mass is 289 g/mol. The highest BCUT2D eigenvalue weighted by atomic mass is 32.1. The van der Waals surface area contributed by atoms with Crippen molar-refractivity contribution in [3.05, 3.63) is 24.3 Å². The Kier molecular flexibility index (Phi) is 3.07. The lowest BCUT2D eigenvalue weighted by atomic mass is 10.2. The summed E-state index contributed by atoms with van der Waals surface area (Å²) in [5.41, 5.74) is 0.819. The number of aliphatic carboxylic acids is 1. The van der Waals surface area contributed by atoms with Crippen LogP contribution in [0.1, 0.15) is 6.42 Å². The van der Waals surface area contributed by atoms with E-state index in [9.17, 15) is 14.7 Å². The smallest absolute Gasteiger partial charge is 0.229 e. The van der Waals surface area contributed by atoms with Crippen LogP contribution < -0.4 is 15.7 Å². The number of hydrogen-bond acceptors (Lipinski definition) is 7. The van der Waals surface area contributed by atoms with E-state index in [-0.39, 0.29) is 12.4 Å². The molecule has 1 aliphatic heterocycles. The number of fused-ring (bicyclic) bond motifs is 1. The average molecular weight is 289 g/mol. The molecule has 0 unspecified atom stereocenters. The van der Waals surface area contributed by atoms with E-state index in [1.165, 1.54) is 11.3 Å². The second kappa shape index (κ2) is 4.89. The zero-order valence-electron chi connectivity index (χ0n) is 10.1. The highest BCUT2D eigenvalue weighted by molar-refractivity contribution is 7.22. The first-order valence-corrected chi connectivity index (χ1v) is 6.64. The minimum absolute atomic E-state index is 0.0782. The fourth-order valence-electron chi connectivity index (χ4n) is 1.82. The lowest BCUT2D eigenvalue weighted by molar-refractivity contribution is -0.307. The van der Waals surface area contributed by atoms with Crippen molar-refractivity contribution >= 4 is 44.5 Å². The Labute approximate surface area is 117 Å². The first-order chi connectivity index (χ1) is 9.61. The van der Waals surface area contributed by atoms with Gasteiger partial charge in [0.05, 0.1) is 22.6 Å². The number of thiazole rings is 1. The zero-order valence-corrected chi connectivity index (χ0v) is 10.9. The molecule has 0 aliphatic carbocycles. The summed E-state index contributed by atoms with van der Waals surface area (Å²) < 4.78 is 0.981. The number of carbonyl (C=O) groups is 2. The van der Waals surface area contributed by atoms with E-state index in [2.05, 4.69) is 20.6 Å². The van der Waals surface area contributed by atoms with E-state index in [0.29, 0.717) is 5.13 Å². The maximum absolute atomic E-state index is 11.4. The lowest BCUT2D eigenvalue weighted by Crippen LogP contribution is -2.47. The number of amides is 1. The van der Waals surface area contributed by atoms with Crippen LogP contribution in [0, 0.1) is 0 Å². The molecule has 20 heavy (non-hydrogen) atoms. The number of carbonyl (C=O) groups excluding carboxylic acids is 2. The Bertz CT molecular complexity index is 691. The van der Waals surface area contributed by atoms with Crippen LogP contribution in [-0.2, 0) is 9.59 Å². The Morgan fingerprint density at radius 1 is 1.45 bits per heavy atom. The van der Waals surface area contributed by atoms with Crippen molar-refractivity contribution in [3.8, 4) is 0 Å². The first kappa shape index (κ1) is 12.5. The van der Waals surface area contributed by atoms with Crippen LogP contribution in [0.15, 0.2) is 29.3 Å². The van der Waals surface area contributed by atoms with Crippen molar-refractivity contribution in [2.75, 3.05) is 5.32 Å². The van der Waals surface area contributed by atoms with Crippen LogP contribution in [0.25, 0.3) is 10.2 Å². The zero-order chi connectivity index (χ0) is 14.1. The molecule has 0 bridgehead atoms. The number of aliphatic imine (C=N–C) groups is 1. The summed E-state index contributed by atoms with van der Waals surface area (Å²) in [6, 6.07) is 6.39. The molecular weight excluding hydrogens is 280 g/mol. The van der Waals surface area contributed by atoms with Gasteiger partial charge in [0.25, 0.3) is 0 Å². The van der Waals surface area contributed by atoms with Gasteiger partial charge in [-0.15, -0.1) is 0 Å². The van der Waals surface area contributed by atoms with E-state index >= 15 is 0 Å². The normalized spacial score (nSPS) is 18.5. The van der Waals surface area contributed by atoms with Crippen LogP contribution in [0.5, 0.6) is 0 Å². The van der Waals surface area contributed by atoms with E-state index < -0.39 is 17.9 Å². The molecule has 2 aromatic rings. The Morgan fingerprint density at radius 3 is 3.00 bits per heavy atom. The predicted molar refractivity (Wildman–Crippen MR) is 72.2 cm³/mol. The summed E-state index contributed by atoms with van der Waals surface area (Å²) in [5.74, 6) is -1.71. The van der Waals surface area contributed by atoms with E-state index in [4.69, 9.17) is 0 Å². The Balaban J connectivity index is 1.86. The molecule has 0 saturated carbocycles. The van der Waals surface area contributed by atoms with Crippen molar-refractivity contribution in [1.82, 2.24) is 10.3 Å². The molecule has 8 heteroatoms. The van der Waals surface area contributed by atoms with E-state index in [1.807, 2.05) is 24.3 Å². The Hall–Kier alpha value is -2.48. The number of hydrogen-bond donors (Lipinski definition) is 2. The SMILES string of the molecule is O=C1C[C@@H](C(=O)[O-])N=C(Nc2nc3ccccc3s2)N1. The van der Waals surface area contributed by atoms with E-state index in [1.54, 1.807) is 0 Å². The number of benzene rings is 1. The lowest BCUT2D eigenvalue weighted by Gasteiger charge is -2.21. The maximum Gasteiger partial charge on any atom is 0.229 e. The summed E-state index contributed by atoms with van der Waals surface area (Å²) in [7, 11) is 0. The fraction of sp³-hybridized carbons (Fsp3) is 0.167. The highest BCUT2D eigenvalue weighted by Crippen LogP contribution is 2.25. The Morgan fingerprint density at radius 2 is 2.25 bits per heavy atom. The molecule has 0 radical (unpaired) electrons. The van der Waals surface area contributed by atoms with Gasteiger partial charge in [-0.25, -0.2) is 9.98 Å². The van der Waals surface area contributed by atoms with Crippen molar-refractivity contribution in [1.29, 1.82) is 0 Å². The minimum Gasteiger partial charge on any atom is -0.548 e. The molecule has 3 rings (SSSR count). The average Bonchev–Trinajstić information content (AvgIpc) is 2.79.